The molecule has 3 aromatic rings. The van der Waals surface area contributed by atoms with Crippen molar-refractivity contribution in [1.82, 2.24) is 19.9 Å². The van der Waals surface area contributed by atoms with Gasteiger partial charge in [0.15, 0.2) is 0 Å². The topological polar surface area (TPSA) is 114 Å². The molecule has 8 nitrogen and oxygen atoms in total. The monoisotopic (exact) mass is 546 g/mol. The Bertz CT molecular complexity index is 1460. The first-order valence-corrected chi connectivity index (χ1v) is 14.7. The Labute approximate surface area is 218 Å². The quantitative estimate of drug-likeness (QED) is 0.354. The standard InChI is InChI=1S/C26H30F3N6O2P/c1-14-19(10-18(30)11-21(14)26(27,28)29)15(2)32-24-20-12-23(31-13-22(20)33-16(3)34-24)38(37)8-6-35(7-9-38)25(36)17-4-5-17/h10-13,15,17H,4-9,30H2,1-3H3,(H,32,33,34)/t15-/m1/s1. The average molecular weight is 547 g/mol. The van der Waals surface area contributed by atoms with Gasteiger partial charge in [0.25, 0.3) is 0 Å². The molecule has 38 heavy (non-hydrogen) atoms. The number of carbonyl (C=O) groups is 1. The zero-order valence-corrected chi connectivity index (χ0v) is 22.4. The molecule has 202 valence electrons. The minimum atomic E-state index is -4.53. The fourth-order valence-corrected chi connectivity index (χ4v) is 7.53. The summed E-state index contributed by atoms with van der Waals surface area (Å²) < 4.78 is 54.6. The number of carbonyl (C=O) groups excluding carboxylic acids is 1. The first kappa shape index (κ1) is 26.4. The summed E-state index contributed by atoms with van der Waals surface area (Å²) in [6.07, 6.45) is -0.391. The number of rotatable bonds is 5. The summed E-state index contributed by atoms with van der Waals surface area (Å²) in [5.74, 6) is 1.14. The molecule has 1 atom stereocenters. The van der Waals surface area contributed by atoms with E-state index in [0.29, 0.717) is 59.0 Å². The van der Waals surface area contributed by atoms with Gasteiger partial charge >= 0.3 is 6.18 Å². The molecule has 12 heteroatoms. The van der Waals surface area contributed by atoms with E-state index in [1.807, 2.05) is 0 Å². The Hall–Kier alpha value is -3.20. The number of nitrogens with one attached hydrogen (secondary N) is 1. The van der Waals surface area contributed by atoms with E-state index < -0.39 is 24.9 Å². The van der Waals surface area contributed by atoms with Crippen LogP contribution in [0.4, 0.5) is 24.7 Å². The van der Waals surface area contributed by atoms with E-state index in [1.165, 1.54) is 13.0 Å². The minimum absolute atomic E-state index is 0.0198. The fourth-order valence-electron chi connectivity index (χ4n) is 5.08. The van der Waals surface area contributed by atoms with Crippen LogP contribution < -0.4 is 16.5 Å². The van der Waals surface area contributed by atoms with Crippen molar-refractivity contribution in [3.05, 3.63) is 46.9 Å². The number of hydrogen-bond acceptors (Lipinski definition) is 7. The number of nitrogens with zero attached hydrogens (tertiary/aromatic N) is 4. The molecule has 5 rings (SSSR count). The van der Waals surface area contributed by atoms with Gasteiger partial charge in [-0.25, -0.2) is 9.97 Å². The zero-order valence-electron chi connectivity index (χ0n) is 21.5. The number of aromatic nitrogens is 3. The molecular weight excluding hydrogens is 516 g/mol. The highest BCUT2D eigenvalue weighted by Crippen LogP contribution is 2.47. The van der Waals surface area contributed by atoms with Crippen molar-refractivity contribution in [2.75, 3.05) is 36.5 Å². The normalized spacial score (nSPS) is 18.4. The van der Waals surface area contributed by atoms with Crippen molar-refractivity contribution in [1.29, 1.82) is 0 Å². The number of nitrogens with two attached hydrogens (primary N) is 1. The Balaban J connectivity index is 1.46. The van der Waals surface area contributed by atoms with Crippen molar-refractivity contribution in [3.8, 4) is 0 Å². The molecule has 0 bridgehead atoms. The van der Waals surface area contributed by atoms with Gasteiger partial charge in [-0.05, 0) is 62.9 Å². The fraction of sp³-hybridized carbons (Fsp3) is 0.462. The van der Waals surface area contributed by atoms with Crippen LogP contribution in [0.2, 0.25) is 0 Å². The molecule has 3 N–H and O–H groups in total. The van der Waals surface area contributed by atoms with Gasteiger partial charge in [-0.3, -0.25) is 9.78 Å². The number of fused-ring (bicyclic) bond motifs is 1. The molecule has 1 aliphatic heterocycles. The van der Waals surface area contributed by atoms with Gasteiger partial charge in [-0.15, -0.1) is 0 Å². The van der Waals surface area contributed by atoms with Crippen LogP contribution in [0.1, 0.15) is 48.3 Å². The molecule has 1 amide bonds. The molecule has 1 aliphatic carbocycles. The van der Waals surface area contributed by atoms with Crippen LogP contribution in [0.3, 0.4) is 0 Å². The van der Waals surface area contributed by atoms with Crippen molar-refractivity contribution in [2.45, 2.75) is 45.8 Å². The minimum Gasteiger partial charge on any atom is -0.399 e. The second-order valence-electron chi connectivity index (χ2n) is 10.3. The highest BCUT2D eigenvalue weighted by molar-refractivity contribution is 7.71. The van der Waals surface area contributed by atoms with E-state index in [-0.39, 0.29) is 23.1 Å². The van der Waals surface area contributed by atoms with Gasteiger partial charge in [0, 0.05) is 42.4 Å². The summed E-state index contributed by atoms with van der Waals surface area (Å²) in [4.78, 5) is 27.7. The molecule has 1 saturated heterocycles. The Morgan fingerprint density at radius 2 is 1.84 bits per heavy atom. The van der Waals surface area contributed by atoms with E-state index in [9.17, 15) is 22.5 Å². The SMILES string of the molecule is Cc1nc(N[C@H](C)c2cc(N)cc(C(F)(F)F)c2C)c2cc(P3(=O)CCN(C(=O)C4CC4)CC3)ncc2n1. The lowest BCUT2D eigenvalue weighted by Crippen LogP contribution is -2.42. The van der Waals surface area contributed by atoms with Crippen LogP contribution in [-0.2, 0) is 15.5 Å². The first-order valence-electron chi connectivity index (χ1n) is 12.6. The number of amides is 1. The Kier molecular flexibility index (Phi) is 6.62. The van der Waals surface area contributed by atoms with Crippen LogP contribution in [-0.4, -0.2) is 51.2 Å². The molecule has 2 aliphatic rings. The lowest BCUT2D eigenvalue weighted by molar-refractivity contribution is -0.138. The lowest BCUT2D eigenvalue weighted by Gasteiger charge is -2.32. The average Bonchev–Trinajstić information content (AvgIpc) is 3.70. The van der Waals surface area contributed by atoms with Crippen molar-refractivity contribution in [2.24, 2.45) is 5.92 Å². The number of alkyl halides is 3. The molecule has 2 fully saturated rings. The first-order chi connectivity index (χ1) is 17.9. The maximum Gasteiger partial charge on any atom is 0.416 e. The van der Waals surface area contributed by atoms with E-state index in [4.69, 9.17) is 5.73 Å². The molecule has 1 saturated carbocycles. The number of halogens is 3. The van der Waals surface area contributed by atoms with Crippen LogP contribution >= 0.6 is 7.14 Å². The van der Waals surface area contributed by atoms with Crippen molar-refractivity contribution in [3.63, 3.8) is 0 Å². The van der Waals surface area contributed by atoms with E-state index >= 15 is 0 Å². The Morgan fingerprint density at radius 1 is 1.16 bits per heavy atom. The zero-order chi connectivity index (χ0) is 27.4. The number of anilines is 2. The largest absolute Gasteiger partial charge is 0.416 e. The van der Waals surface area contributed by atoms with Gasteiger partial charge in [-0.1, -0.05) is 0 Å². The number of pyridine rings is 1. The lowest BCUT2D eigenvalue weighted by atomic mass is 9.96. The van der Waals surface area contributed by atoms with Gasteiger partial charge < -0.3 is 20.5 Å². The number of hydrogen-bond donors (Lipinski definition) is 2. The third-order valence-corrected chi connectivity index (χ3v) is 10.3. The second kappa shape index (κ2) is 9.52. The number of nitrogen functional groups attached to an aromatic ring is 1. The summed E-state index contributed by atoms with van der Waals surface area (Å²) in [7, 11) is -2.85. The predicted octanol–water partition coefficient (Wildman–Crippen LogP) is 4.66. The maximum absolute atomic E-state index is 13.9. The Morgan fingerprint density at radius 3 is 2.47 bits per heavy atom. The summed E-state index contributed by atoms with van der Waals surface area (Å²) in [5.41, 5.74) is 6.53. The van der Waals surface area contributed by atoms with Crippen LogP contribution in [0.15, 0.2) is 24.4 Å². The van der Waals surface area contributed by atoms with Crippen molar-refractivity contribution >= 4 is 40.9 Å². The molecule has 0 radical (unpaired) electrons. The van der Waals surface area contributed by atoms with E-state index in [2.05, 4.69) is 20.3 Å². The highest BCUT2D eigenvalue weighted by atomic mass is 31.2. The molecule has 2 aromatic heterocycles. The van der Waals surface area contributed by atoms with Gasteiger partial charge in [0.1, 0.15) is 24.2 Å². The molecule has 3 heterocycles. The smallest absolute Gasteiger partial charge is 0.399 e. The summed E-state index contributed by atoms with van der Waals surface area (Å²) in [6, 6.07) is 3.62. The summed E-state index contributed by atoms with van der Waals surface area (Å²) in [5, 5.41) is 3.81. The summed E-state index contributed by atoms with van der Waals surface area (Å²) in [6.45, 7) is 5.75. The van der Waals surface area contributed by atoms with Crippen molar-refractivity contribution < 1.29 is 22.5 Å². The second-order valence-corrected chi connectivity index (χ2v) is 13.4. The van der Waals surface area contributed by atoms with Crippen LogP contribution in [0.5, 0.6) is 0 Å². The molecule has 0 spiro atoms. The van der Waals surface area contributed by atoms with E-state index in [0.717, 1.165) is 18.9 Å². The third-order valence-electron chi connectivity index (χ3n) is 7.39. The van der Waals surface area contributed by atoms with E-state index in [1.54, 1.807) is 31.0 Å². The molecule has 1 aromatic carbocycles. The number of aryl methyl sites for hydroxylation is 1. The van der Waals surface area contributed by atoms with Crippen LogP contribution in [0, 0.1) is 19.8 Å². The number of benzene rings is 1. The maximum atomic E-state index is 13.9. The molecule has 0 unspecified atom stereocenters. The van der Waals surface area contributed by atoms with Gasteiger partial charge in [-0.2, -0.15) is 13.2 Å². The molecular formula is C26H30F3N6O2P. The predicted molar refractivity (Wildman–Crippen MR) is 141 cm³/mol. The summed E-state index contributed by atoms with van der Waals surface area (Å²) >= 11 is 0. The third kappa shape index (κ3) is 5.08. The van der Waals surface area contributed by atoms with Gasteiger partial charge in [0.2, 0.25) is 5.91 Å². The highest BCUT2D eigenvalue weighted by Gasteiger charge is 2.39. The van der Waals surface area contributed by atoms with Crippen LogP contribution in [0.25, 0.3) is 10.9 Å². The van der Waals surface area contributed by atoms with Gasteiger partial charge in [0.05, 0.1) is 23.3 Å².